The van der Waals surface area contributed by atoms with E-state index in [9.17, 15) is 8.42 Å². The first kappa shape index (κ1) is 14.1. The fourth-order valence-corrected chi connectivity index (χ4v) is 2.25. The molecule has 0 atom stereocenters. The molecule has 0 unspecified atom stereocenters. The van der Waals surface area contributed by atoms with Crippen molar-refractivity contribution in [3.8, 4) is 0 Å². The summed E-state index contributed by atoms with van der Waals surface area (Å²) >= 11 is 0. The highest BCUT2D eigenvalue weighted by Gasteiger charge is 2.12. The van der Waals surface area contributed by atoms with Gasteiger partial charge in [-0.15, -0.1) is 0 Å². The number of hydrogen-bond donors (Lipinski definition) is 1. The first-order chi connectivity index (χ1) is 8.17. The highest BCUT2D eigenvalue weighted by atomic mass is 32.2. The maximum Gasteiger partial charge on any atom is 0.242 e. The van der Waals surface area contributed by atoms with Crippen molar-refractivity contribution in [1.82, 2.24) is 9.71 Å². The zero-order valence-electron chi connectivity index (χ0n) is 9.93. The largest absolute Gasteiger partial charge is 0.381 e. The van der Waals surface area contributed by atoms with E-state index in [0.717, 1.165) is 13.0 Å². The second kappa shape index (κ2) is 7.37. The van der Waals surface area contributed by atoms with Crippen molar-refractivity contribution in [2.45, 2.75) is 24.7 Å². The number of pyridine rings is 1. The van der Waals surface area contributed by atoms with Crippen LogP contribution in [-0.4, -0.2) is 33.2 Å². The summed E-state index contributed by atoms with van der Waals surface area (Å²) in [4.78, 5) is 3.97. The molecule has 0 aromatic carbocycles. The molecule has 0 radical (unpaired) electrons. The van der Waals surface area contributed by atoms with Crippen LogP contribution >= 0.6 is 0 Å². The van der Waals surface area contributed by atoms with Crippen LogP contribution in [-0.2, 0) is 14.8 Å². The second-order valence-electron chi connectivity index (χ2n) is 3.55. The van der Waals surface area contributed by atoms with Crippen molar-refractivity contribution in [3.05, 3.63) is 24.5 Å². The van der Waals surface area contributed by atoms with Crippen LogP contribution in [0.15, 0.2) is 29.4 Å². The topological polar surface area (TPSA) is 68.3 Å². The van der Waals surface area contributed by atoms with Crippen LogP contribution in [0.2, 0.25) is 0 Å². The van der Waals surface area contributed by atoms with E-state index in [0.29, 0.717) is 19.6 Å². The smallest absolute Gasteiger partial charge is 0.242 e. The van der Waals surface area contributed by atoms with Crippen molar-refractivity contribution in [2.24, 2.45) is 0 Å². The van der Waals surface area contributed by atoms with Crippen LogP contribution in [0.3, 0.4) is 0 Å². The van der Waals surface area contributed by atoms with Gasteiger partial charge in [0.05, 0.1) is 0 Å². The summed E-state index contributed by atoms with van der Waals surface area (Å²) in [6.07, 6.45) is 4.51. The van der Waals surface area contributed by atoms with Gasteiger partial charge < -0.3 is 4.74 Å². The van der Waals surface area contributed by atoms with Gasteiger partial charge in [-0.05, 0) is 25.0 Å². The zero-order valence-corrected chi connectivity index (χ0v) is 10.7. The Morgan fingerprint density at radius 2 is 2.24 bits per heavy atom. The molecule has 0 bridgehead atoms. The van der Waals surface area contributed by atoms with Crippen LogP contribution in [0.5, 0.6) is 0 Å². The molecule has 1 rings (SSSR count). The van der Waals surface area contributed by atoms with Crippen LogP contribution in [0.25, 0.3) is 0 Å². The first-order valence-electron chi connectivity index (χ1n) is 5.64. The van der Waals surface area contributed by atoms with Crippen molar-refractivity contribution in [3.63, 3.8) is 0 Å². The van der Waals surface area contributed by atoms with Gasteiger partial charge in [0, 0.05) is 32.2 Å². The Labute approximate surface area is 102 Å². The highest BCUT2D eigenvalue weighted by molar-refractivity contribution is 7.89. The van der Waals surface area contributed by atoms with Gasteiger partial charge in [-0.25, -0.2) is 13.1 Å². The number of aromatic nitrogens is 1. The second-order valence-corrected chi connectivity index (χ2v) is 5.32. The molecule has 0 aliphatic heterocycles. The first-order valence-corrected chi connectivity index (χ1v) is 7.12. The van der Waals surface area contributed by atoms with Gasteiger partial charge in [0.1, 0.15) is 4.90 Å². The van der Waals surface area contributed by atoms with Crippen LogP contribution < -0.4 is 4.72 Å². The molecule has 1 aromatic rings. The van der Waals surface area contributed by atoms with E-state index in [1.807, 2.05) is 6.92 Å². The predicted octanol–water partition coefficient (Wildman–Crippen LogP) is 1.18. The molecule has 0 aliphatic carbocycles. The summed E-state index contributed by atoms with van der Waals surface area (Å²) in [5, 5.41) is 0. The summed E-state index contributed by atoms with van der Waals surface area (Å²) in [5.74, 6) is 0. The van der Waals surface area contributed by atoms with Crippen molar-refractivity contribution >= 4 is 10.0 Å². The maximum absolute atomic E-state index is 11.7. The lowest BCUT2D eigenvalue weighted by atomic mass is 10.4. The average molecular weight is 258 g/mol. The van der Waals surface area contributed by atoms with Gasteiger partial charge in [0.2, 0.25) is 10.0 Å². The predicted molar refractivity (Wildman–Crippen MR) is 65.2 cm³/mol. The Morgan fingerprint density at radius 1 is 1.41 bits per heavy atom. The van der Waals surface area contributed by atoms with Gasteiger partial charge in [-0.2, -0.15) is 0 Å². The number of rotatable bonds is 8. The van der Waals surface area contributed by atoms with Crippen molar-refractivity contribution in [1.29, 1.82) is 0 Å². The quantitative estimate of drug-likeness (QED) is 0.711. The lowest BCUT2D eigenvalue weighted by Gasteiger charge is -2.06. The molecule has 0 amide bonds. The molecule has 1 aromatic heterocycles. The molecule has 0 saturated heterocycles. The van der Waals surface area contributed by atoms with E-state index >= 15 is 0 Å². The fraction of sp³-hybridized carbons (Fsp3) is 0.545. The SMILES string of the molecule is CCCOCCCNS(=O)(=O)c1cccnc1. The molecule has 17 heavy (non-hydrogen) atoms. The van der Waals surface area contributed by atoms with E-state index in [1.54, 1.807) is 6.07 Å². The standard InChI is InChI=1S/C11H18N2O3S/c1-2-8-16-9-4-7-13-17(14,15)11-5-3-6-12-10-11/h3,5-6,10,13H,2,4,7-9H2,1H3. The number of ether oxygens (including phenoxy) is 1. The van der Waals surface area contributed by atoms with Gasteiger partial charge in [0.25, 0.3) is 0 Å². The van der Waals surface area contributed by atoms with Crippen molar-refractivity contribution in [2.75, 3.05) is 19.8 Å². The number of nitrogens with one attached hydrogen (secondary N) is 1. The van der Waals surface area contributed by atoms with E-state index in [2.05, 4.69) is 9.71 Å². The molecule has 1 heterocycles. The lowest BCUT2D eigenvalue weighted by Crippen LogP contribution is -2.25. The third kappa shape index (κ3) is 5.25. The molecule has 0 saturated carbocycles. The number of sulfonamides is 1. The number of hydrogen-bond acceptors (Lipinski definition) is 4. The van der Waals surface area contributed by atoms with Gasteiger partial charge in [-0.3, -0.25) is 4.98 Å². The van der Waals surface area contributed by atoms with Gasteiger partial charge in [0.15, 0.2) is 0 Å². The molecule has 0 spiro atoms. The van der Waals surface area contributed by atoms with Gasteiger partial charge >= 0.3 is 0 Å². The minimum atomic E-state index is -3.42. The Kier molecular flexibility index (Phi) is 6.10. The van der Waals surface area contributed by atoms with Crippen LogP contribution in [0.1, 0.15) is 19.8 Å². The Morgan fingerprint density at radius 3 is 2.88 bits per heavy atom. The molecular weight excluding hydrogens is 240 g/mol. The summed E-state index contributed by atoms with van der Waals surface area (Å²) in [6.45, 7) is 3.70. The zero-order chi connectivity index (χ0) is 12.6. The molecule has 6 heteroatoms. The third-order valence-electron chi connectivity index (χ3n) is 2.05. The summed E-state index contributed by atoms with van der Waals surface area (Å²) in [7, 11) is -3.42. The fourth-order valence-electron chi connectivity index (χ4n) is 1.22. The van der Waals surface area contributed by atoms with E-state index in [-0.39, 0.29) is 4.90 Å². The Hall–Kier alpha value is -0.980. The molecule has 5 nitrogen and oxygen atoms in total. The molecule has 96 valence electrons. The minimum absolute atomic E-state index is 0.189. The molecular formula is C11H18N2O3S. The lowest BCUT2D eigenvalue weighted by molar-refractivity contribution is 0.133. The third-order valence-corrected chi connectivity index (χ3v) is 3.50. The van der Waals surface area contributed by atoms with Crippen LogP contribution in [0.4, 0.5) is 0 Å². The monoisotopic (exact) mass is 258 g/mol. The Balaban J connectivity index is 2.31. The molecule has 0 fully saturated rings. The number of nitrogens with zero attached hydrogens (tertiary/aromatic N) is 1. The normalized spacial score (nSPS) is 11.6. The van der Waals surface area contributed by atoms with Gasteiger partial charge in [-0.1, -0.05) is 6.92 Å². The molecule has 1 N–H and O–H groups in total. The highest BCUT2D eigenvalue weighted by Crippen LogP contribution is 2.04. The van der Waals surface area contributed by atoms with Crippen molar-refractivity contribution < 1.29 is 13.2 Å². The summed E-state index contributed by atoms with van der Waals surface area (Å²) < 4.78 is 31.2. The Bertz CT molecular complexity index is 406. The maximum atomic E-state index is 11.7. The van der Waals surface area contributed by atoms with E-state index in [1.165, 1.54) is 18.5 Å². The minimum Gasteiger partial charge on any atom is -0.381 e. The molecule has 0 aliphatic rings. The van der Waals surface area contributed by atoms with E-state index in [4.69, 9.17) is 4.74 Å². The average Bonchev–Trinajstić information content (AvgIpc) is 2.35. The van der Waals surface area contributed by atoms with E-state index < -0.39 is 10.0 Å². The summed E-state index contributed by atoms with van der Waals surface area (Å²) in [5.41, 5.74) is 0. The van der Waals surface area contributed by atoms with Crippen LogP contribution in [0, 0.1) is 0 Å². The summed E-state index contributed by atoms with van der Waals surface area (Å²) in [6, 6.07) is 3.11.